The molecule has 2 amide bonds. The van der Waals surface area contributed by atoms with Crippen molar-refractivity contribution in [2.45, 2.75) is 26.2 Å². The number of hydrogen-bond donors (Lipinski definition) is 2. The average molecular weight is 410 g/mol. The van der Waals surface area contributed by atoms with Crippen molar-refractivity contribution >= 4 is 50.7 Å². The maximum Gasteiger partial charge on any atom is 0.257 e. The Kier molecular flexibility index (Phi) is 6.82. The van der Waals surface area contributed by atoms with E-state index in [2.05, 4.69) is 26.6 Å². The highest BCUT2D eigenvalue weighted by atomic mass is 79.9. The summed E-state index contributed by atoms with van der Waals surface area (Å²) in [5.41, 5.74) is 1.61. The molecule has 0 fully saturated rings. The van der Waals surface area contributed by atoms with E-state index in [1.54, 1.807) is 42.5 Å². The second-order valence-electron chi connectivity index (χ2n) is 5.31. The number of anilines is 2. The van der Waals surface area contributed by atoms with Gasteiger partial charge >= 0.3 is 0 Å². The van der Waals surface area contributed by atoms with Crippen LogP contribution in [0.2, 0.25) is 5.02 Å². The summed E-state index contributed by atoms with van der Waals surface area (Å²) < 4.78 is 0.772. The van der Waals surface area contributed by atoms with E-state index in [9.17, 15) is 9.59 Å². The Labute approximate surface area is 154 Å². The lowest BCUT2D eigenvalue weighted by molar-refractivity contribution is -0.116. The Morgan fingerprint density at radius 2 is 1.79 bits per heavy atom. The molecule has 0 saturated carbocycles. The molecular formula is C18H18BrClN2O2. The van der Waals surface area contributed by atoms with Gasteiger partial charge in [0.15, 0.2) is 0 Å². The molecule has 2 aromatic carbocycles. The highest BCUT2D eigenvalue weighted by molar-refractivity contribution is 9.10. The molecule has 2 aromatic rings. The lowest BCUT2D eigenvalue weighted by Crippen LogP contribution is -2.14. The zero-order valence-electron chi connectivity index (χ0n) is 13.2. The van der Waals surface area contributed by atoms with E-state index < -0.39 is 0 Å². The van der Waals surface area contributed by atoms with Crippen LogP contribution >= 0.6 is 27.5 Å². The van der Waals surface area contributed by atoms with Crippen molar-refractivity contribution in [2.75, 3.05) is 10.6 Å². The Bertz CT molecular complexity index is 750. The van der Waals surface area contributed by atoms with Gasteiger partial charge in [0.1, 0.15) is 0 Å². The zero-order chi connectivity index (χ0) is 17.5. The van der Waals surface area contributed by atoms with Gasteiger partial charge in [-0.25, -0.2) is 0 Å². The van der Waals surface area contributed by atoms with Crippen LogP contribution in [0.3, 0.4) is 0 Å². The molecule has 0 atom stereocenters. The van der Waals surface area contributed by atoms with E-state index in [0.29, 0.717) is 28.4 Å². The van der Waals surface area contributed by atoms with Gasteiger partial charge in [0, 0.05) is 22.3 Å². The summed E-state index contributed by atoms with van der Waals surface area (Å²) >= 11 is 9.39. The van der Waals surface area contributed by atoms with Crippen LogP contribution in [0.15, 0.2) is 46.9 Å². The third-order valence-corrected chi connectivity index (χ3v) is 4.16. The first-order chi connectivity index (χ1) is 11.5. The van der Waals surface area contributed by atoms with E-state index >= 15 is 0 Å². The molecule has 2 N–H and O–H groups in total. The first-order valence-corrected chi connectivity index (χ1v) is 8.83. The fourth-order valence-corrected chi connectivity index (χ4v) is 2.67. The van der Waals surface area contributed by atoms with Crippen molar-refractivity contribution in [2.24, 2.45) is 0 Å². The fraction of sp³-hybridized carbons (Fsp3) is 0.222. The number of hydrogen-bond acceptors (Lipinski definition) is 2. The van der Waals surface area contributed by atoms with Crippen LogP contribution in [-0.2, 0) is 4.79 Å². The number of unbranched alkanes of at least 4 members (excludes halogenated alkanes) is 1. The largest absolute Gasteiger partial charge is 0.326 e. The van der Waals surface area contributed by atoms with Gasteiger partial charge in [-0.1, -0.05) is 46.9 Å². The first kappa shape index (κ1) is 18.5. The van der Waals surface area contributed by atoms with Crippen molar-refractivity contribution in [3.8, 4) is 0 Å². The second-order valence-corrected chi connectivity index (χ2v) is 6.63. The SMILES string of the molecule is CCCCC(=O)Nc1cccc(NC(=O)c2cc(Br)ccc2Cl)c1. The van der Waals surface area contributed by atoms with Crippen molar-refractivity contribution in [1.82, 2.24) is 0 Å². The van der Waals surface area contributed by atoms with Gasteiger partial charge in [-0.3, -0.25) is 9.59 Å². The molecule has 0 saturated heterocycles. The molecule has 0 radical (unpaired) electrons. The number of carbonyl (C=O) groups excluding carboxylic acids is 2. The molecule has 0 bridgehead atoms. The normalized spacial score (nSPS) is 10.3. The fourth-order valence-electron chi connectivity index (χ4n) is 2.11. The molecule has 0 heterocycles. The van der Waals surface area contributed by atoms with Crippen LogP contribution < -0.4 is 10.6 Å². The molecular weight excluding hydrogens is 392 g/mol. The number of carbonyl (C=O) groups is 2. The zero-order valence-corrected chi connectivity index (χ0v) is 15.6. The average Bonchev–Trinajstić information content (AvgIpc) is 2.55. The summed E-state index contributed by atoms with van der Waals surface area (Å²) in [6.45, 7) is 2.04. The third kappa shape index (κ3) is 5.35. The van der Waals surface area contributed by atoms with Crippen molar-refractivity contribution in [3.63, 3.8) is 0 Å². The van der Waals surface area contributed by atoms with Gasteiger partial charge in [0.25, 0.3) is 5.91 Å². The lowest BCUT2D eigenvalue weighted by atomic mass is 10.2. The molecule has 0 aliphatic carbocycles. The summed E-state index contributed by atoms with van der Waals surface area (Å²) in [6, 6.07) is 12.1. The van der Waals surface area contributed by atoms with Crippen LogP contribution in [0.25, 0.3) is 0 Å². The predicted octanol–water partition coefficient (Wildman–Crippen LogP) is 5.48. The molecule has 2 rings (SSSR count). The van der Waals surface area contributed by atoms with Crippen LogP contribution in [0.1, 0.15) is 36.5 Å². The molecule has 24 heavy (non-hydrogen) atoms. The predicted molar refractivity (Wildman–Crippen MR) is 102 cm³/mol. The summed E-state index contributed by atoms with van der Waals surface area (Å²) in [7, 11) is 0. The van der Waals surface area contributed by atoms with Crippen molar-refractivity contribution in [3.05, 3.63) is 57.5 Å². The van der Waals surface area contributed by atoms with E-state index in [0.717, 1.165) is 17.3 Å². The van der Waals surface area contributed by atoms with Gasteiger partial charge in [0.2, 0.25) is 5.91 Å². The third-order valence-electron chi connectivity index (χ3n) is 3.33. The Hall–Kier alpha value is -1.85. The maximum atomic E-state index is 12.4. The quantitative estimate of drug-likeness (QED) is 0.663. The van der Waals surface area contributed by atoms with E-state index in [1.807, 2.05) is 6.92 Å². The van der Waals surface area contributed by atoms with E-state index in [4.69, 9.17) is 11.6 Å². The highest BCUT2D eigenvalue weighted by Crippen LogP contribution is 2.23. The molecule has 0 aliphatic rings. The number of rotatable bonds is 6. The second kappa shape index (κ2) is 8.85. The Morgan fingerprint density at radius 3 is 2.50 bits per heavy atom. The van der Waals surface area contributed by atoms with E-state index in [-0.39, 0.29) is 11.8 Å². The van der Waals surface area contributed by atoms with Crippen LogP contribution in [0.4, 0.5) is 11.4 Å². The van der Waals surface area contributed by atoms with Crippen molar-refractivity contribution in [1.29, 1.82) is 0 Å². The van der Waals surface area contributed by atoms with Gasteiger partial charge in [-0.05, 0) is 42.8 Å². The van der Waals surface area contributed by atoms with Gasteiger partial charge in [-0.15, -0.1) is 0 Å². The number of amides is 2. The summed E-state index contributed by atoms with van der Waals surface area (Å²) in [5, 5.41) is 5.99. The van der Waals surface area contributed by atoms with Crippen LogP contribution in [0.5, 0.6) is 0 Å². The standard InChI is InChI=1S/C18H18BrClN2O2/c1-2-3-7-17(23)21-13-5-4-6-14(11-13)22-18(24)15-10-12(19)8-9-16(15)20/h4-6,8-11H,2-3,7H2,1H3,(H,21,23)(H,22,24). The number of nitrogens with one attached hydrogen (secondary N) is 2. The van der Waals surface area contributed by atoms with Crippen LogP contribution in [-0.4, -0.2) is 11.8 Å². The summed E-state index contributed by atoms with van der Waals surface area (Å²) in [4.78, 5) is 24.1. The number of benzene rings is 2. The van der Waals surface area contributed by atoms with Gasteiger partial charge in [-0.2, -0.15) is 0 Å². The van der Waals surface area contributed by atoms with Gasteiger partial charge < -0.3 is 10.6 Å². The molecule has 0 aromatic heterocycles. The minimum atomic E-state index is -0.309. The van der Waals surface area contributed by atoms with Crippen molar-refractivity contribution < 1.29 is 9.59 Å². The summed E-state index contributed by atoms with van der Waals surface area (Å²) in [6.07, 6.45) is 2.31. The lowest BCUT2D eigenvalue weighted by Gasteiger charge is -2.10. The molecule has 0 aliphatic heterocycles. The monoisotopic (exact) mass is 408 g/mol. The molecule has 6 heteroatoms. The minimum absolute atomic E-state index is 0.0321. The molecule has 0 spiro atoms. The van der Waals surface area contributed by atoms with E-state index in [1.165, 1.54) is 0 Å². The van der Waals surface area contributed by atoms with Crippen LogP contribution in [0, 0.1) is 0 Å². The minimum Gasteiger partial charge on any atom is -0.326 e. The molecule has 0 unspecified atom stereocenters. The Morgan fingerprint density at radius 1 is 1.08 bits per heavy atom. The topological polar surface area (TPSA) is 58.2 Å². The molecule has 4 nitrogen and oxygen atoms in total. The number of halogens is 2. The molecule has 126 valence electrons. The van der Waals surface area contributed by atoms with Gasteiger partial charge in [0.05, 0.1) is 10.6 Å². The first-order valence-electron chi connectivity index (χ1n) is 7.66. The highest BCUT2D eigenvalue weighted by Gasteiger charge is 2.11. The smallest absolute Gasteiger partial charge is 0.257 e. The maximum absolute atomic E-state index is 12.4. The Balaban J connectivity index is 2.07. The summed E-state index contributed by atoms with van der Waals surface area (Å²) in [5.74, 6) is -0.342.